The Balaban J connectivity index is 1.96. The fraction of sp³-hybridized carbons (Fsp3) is 0.292. The van der Waals surface area contributed by atoms with Gasteiger partial charge in [0.25, 0.3) is 5.56 Å². The van der Waals surface area contributed by atoms with E-state index in [1.165, 1.54) is 4.57 Å². The number of ether oxygens (including phenoxy) is 1. The van der Waals surface area contributed by atoms with E-state index < -0.39 is 0 Å². The highest BCUT2D eigenvalue weighted by Gasteiger charge is 2.20. The van der Waals surface area contributed by atoms with Gasteiger partial charge in [0.15, 0.2) is 11.2 Å². The van der Waals surface area contributed by atoms with Crippen molar-refractivity contribution in [3.63, 3.8) is 0 Å². The number of hydrogen-bond acceptors (Lipinski definition) is 4. The van der Waals surface area contributed by atoms with Crippen molar-refractivity contribution < 1.29 is 4.74 Å². The Hall–Kier alpha value is -3.61. The maximum atomic E-state index is 13.4. The molecule has 0 saturated carbocycles. The molecule has 2 heterocycles. The van der Waals surface area contributed by atoms with Crippen LogP contribution in [0.15, 0.2) is 64.4 Å². The maximum absolute atomic E-state index is 13.4. The summed E-state index contributed by atoms with van der Waals surface area (Å²) in [4.78, 5) is 31.3. The van der Waals surface area contributed by atoms with Gasteiger partial charge in [0.05, 0.1) is 19.1 Å². The van der Waals surface area contributed by atoms with Crippen LogP contribution in [0.3, 0.4) is 0 Å². The molecule has 0 aliphatic rings. The van der Waals surface area contributed by atoms with E-state index in [0.717, 1.165) is 22.6 Å². The predicted octanol–water partition coefficient (Wildman–Crippen LogP) is 3.37. The first-order chi connectivity index (χ1) is 14.9. The van der Waals surface area contributed by atoms with Gasteiger partial charge < -0.3 is 9.30 Å². The van der Waals surface area contributed by atoms with Crippen LogP contribution < -0.4 is 16.0 Å². The number of imidazole rings is 1. The van der Waals surface area contributed by atoms with Crippen molar-refractivity contribution in [1.29, 1.82) is 0 Å². The van der Waals surface area contributed by atoms with E-state index in [1.807, 2.05) is 73.9 Å². The highest BCUT2D eigenvalue weighted by molar-refractivity contribution is 5.73. The number of aryl methyl sites for hydroxylation is 1. The van der Waals surface area contributed by atoms with E-state index in [2.05, 4.69) is 4.98 Å². The molecule has 0 radical (unpaired) electrons. The lowest BCUT2D eigenvalue weighted by Gasteiger charge is -2.15. The molecule has 0 fully saturated rings. The average Bonchev–Trinajstić information content (AvgIpc) is 3.16. The molecule has 160 valence electrons. The molecule has 0 saturated heterocycles. The Kier molecular flexibility index (Phi) is 5.50. The SMILES string of the molecule is COc1ccc(Cn2cnc3c2c(=O)n(CC(C)C)c(=O)n3-c2ccccc2C)cc1. The lowest BCUT2D eigenvalue weighted by Crippen LogP contribution is -2.41. The highest BCUT2D eigenvalue weighted by Crippen LogP contribution is 2.18. The fourth-order valence-electron chi connectivity index (χ4n) is 3.78. The summed E-state index contributed by atoms with van der Waals surface area (Å²) < 4.78 is 9.91. The van der Waals surface area contributed by atoms with Crippen molar-refractivity contribution in [3.8, 4) is 11.4 Å². The quantitative estimate of drug-likeness (QED) is 0.481. The van der Waals surface area contributed by atoms with Gasteiger partial charge in [-0.1, -0.05) is 44.2 Å². The zero-order valence-electron chi connectivity index (χ0n) is 18.2. The number of aromatic nitrogens is 4. The third-order valence-corrected chi connectivity index (χ3v) is 5.32. The van der Waals surface area contributed by atoms with Crippen molar-refractivity contribution in [1.82, 2.24) is 18.7 Å². The van der Waals surface area contributed by atoms with Gasteiger partial charge in [0.2, 0.25) is 0 Å². The molecule has 0 amide bonds. The summed E-state index contributed by atoms with van der Waals surface area (Å²) in [5, 5.41) is 0. The van der Waals surface area contributed by atoms with Crippen LogP contribution >= 0.6 is 0 Å². The first-order valence-corrected chi connectivity index (χ1v) is 10.3. The minimum Gasteiger partial charge on any atom is -0.497 e. The van der Waals surface area contributed by atoms with Crippen LogP contribution in [0.25, 0.3) is 16.9 Å². The van der Waals surface area contributed by atoms with Gasteiger partial charge in [0, 0.05) is 13.1 Å². The maximum Gasteiger partial charge on any atom is 0.337 e. The number of nitrogens with zero attached hydrogens (tertiary/aromatic N) is 4. The van der Waals surface area contributed by atoms with Gasteiger partial charge in [-0.15, -0.1) is 0 Å². The van der Waals surface area contributed by atoms with Gasteiger partial charge >= 0.3 is 5.69 Å². The summed E-state index contributed by atoms with van der Waals surface area (Å²) in [7, 11) is 1.63. The van der Waals surface area contributed by atoms with E-state index in [9.17, 15) is 9.59 Å². The first-order valence-electron chi connectivity index (χ1n) is 10.3. The Bertz CT molecular complexity index is 1340. The van der Waals surface area contributed by atoms with Crippen LogP contribution in [0.4, 0.5) is 0 Å². The third-order valence-electron chi connectivity index (χ3n) is 5.32. The zero-order valence-corrected chi connectivity index (χ0v) is 18.2. The predicted molar refractivity (Wildman–Crippen MR) is 121 cm³/mol. The average molecular weight is 418 g/mol. The summed E-state index contributed by atoms with van der Waals surface area (Å²) in [6.45, 7) is 6.72. The second kappa shape index (κ2) is 8.26. The van der Waals surface area contributed by atoms with Crippen LogP contribution in [-0.2, 0) is 13.1 Å². The summed E-state index contributed by atoms with van der Waals surface area (Å²) >= 11 is 0. The van der Waals surface area contributed by atoms with Gasteiger partial charge in [-0.05, 0) is 42.2 Å². The molecule has 0 aliphatic carbocycles. The second-order valence-electron chi connectivity index (χ2n) is 8.11. The van der Waals surface area contributed by atoms with E-state index in [-0.39, 0.29) is 17.2 Å². The number of benzene rings is 2. The largest absolute Gasteiger partial charge is 0.497 e. The molecule has 2 aromatic heterocycles. The molecule has 0 bridgehead atoms. The lowest BCUT2D eigenvalue weighted by atomic mass is 10.2. The van der Waals surface area contributed by atoms with Crippen LogP contribution in [0, 0.1) is 12.8 Å². The Labute approximate surface area is 180 Å². The van der Waals surface area contributed by atoms with Crippen LogP contribution in [-0.4, -0.2) is 25.8 Å². The monoisotopic (exact) mass is 418 g/mol. The molecule has 4 aromatic rings. The smallest absolute Gasteiger partial charge is 0.337 e. The minimum absolute atomic E-state index is 0.145. The summed E-state index contributed by atoms with van der Waals surface area (Å²) in [5.41, 5.74) is 2.77. The second-order valence-corrected chi connectivity index (χ2v) is 8.11. The Morgan fingerprint density at radius 3 is 2.39 bits per heavy atom. The topological polar surface area (TPSA) is 71.1 Å². The van der Waals surface area contributed by atoms with Gasteiger partial charge in [-0.2, -0.15) is 0 Å². The number of rotatable bonds is 6. The zero-order chi connectivity index (χ0) is 22.1. The van der Waals surface area contributed by atoms with E-state index in [1.54, 1.807) is 18.0 Å². The molecule has 0 spiro atoms. The normalized spacial score (nSPS) is 11.4. The molecule has 0 atom stereocenters. The number of para-hydroxylation sites is 1. The molecule has 2 aromatic carbocycles. The number of methoxy groups -OCH3 is 1. The summed E-state index contributed by atoms with van der Waals surface area (Å²) in [6, 6.07) is 15.3. The molecule has 7 heteroatoms. The van der Waals surface area contributed by atoms with Crippen molar-refractivity contribution >= 4 is 11.2 Å². The third kappa shape index (κ3) is 3.79. The van der Waals surface area contributed by atoms with Gasteiger partial charge in [-0.3, -0.25) is 9.36 Å². The van der Waals surface area contributed by atoms with Crippen molar-refractivity contribution in [2.24, 2.45) is 5.92 Å². The highest BCUT2D eigenvalue weighted by atomic mass is 16.5. The van der Waals surface area contributed by atoms with Crippen molar-refractivity contribution in [3.05, 3.63) is 86.8 Å². The van der Waals surface area contributed by atoms with Crippen LogP contribution in [0.1, 0.15) is 25.0 Å². The number of hydrogen-bond donors (Lipinski definition) is 0. The van der Waals surface area contributed by atoms with E-state index in [0.29, 0.717) is 24.3 Å². The molecule has 0 N–H and O–H groups in total. The molecular formula is C24H26N4O3. The lowest BCUT2D eigenvalue weighted by molar-refractivity contribution is 0.414. The van der Waals surface area contributed by atoms with E-state index >= 15 is 0 Å². The Morgan fingerprint density at radius 2 is 1.74 bits per heavy atom. The minimum atomic E-state index is -0.366. The molecule has 0 unspecified atom stereocenters. The molecular weight excluding hydrogens is 392 g/mol. The standard InChI is InChI=1S/C24H26N4O3/c1-16(2)13-27-23(29)21-22(28(24(27)30)20-8-6-5-7-17(20)3)25-15-26(21)14-18-9-11-19(31-4)12-10-18/h5-12,15-16H,13-14H2,1-4H3. The Morgan fingerprint density at radius 1 is 1.03 bits per heavy atom. The van der Waals surface area contributed by atoms with E-state index in [4.69, 9.17) is 4.74 Å². The summed E-state index contributed by atoms with van der Waals surface area (Å²) in [5.74, 6) is 0.915. The molecule has 7 nitrogen and oxygen atoms in total. The van der Waals surface area contributed by atoms with Crippen LogP contribution in [0.2, 0.25) is 0 Å². The first kappa shape index (κ1) is 20.7. The van der Waals surface area contributed by atoms with Gasteiger partial charge in [0.1, 0.15) is 5.75 Å². The van der Waals surface area contributed by atoms with Gasteiger partial charge in [-0.25, -0.2) is 14.3 Å². The molecule has 31 heavy (non-hydrogen) atoms. The molecule has 4 rings (SSSR count). The molecule has 0 aliphatic heterocycles. The summed E-state index contributed by atoms with van der Waals surface area (Å²) in [6.07, 6.45) is 1.63. The van der Waals surface area contributed by atoms with Crippen molar-refractivity contribution in [2.45, 2.75) is 33.9 Å². The van der Waals surface area contributed by atoms with Crippen molar-refractivity contribution in [2.75, 3.05) is 7.11 Å². The fourth-order valence-corrected chi connectivity index (χ4v) is 3.78. The van der Waals surface area contributed by atoms with Crippen LogP contribution in [0.5, 0.6) is 5.75 Å². The number of fused-ring (bicyclic) bond motifs is 1.